The van der Waals surface area contributed by atoms with Crippen LogP contribution in [0, 0.1) is 5.41 Å². The van der Waals surface area contributed by atoms with E-state index >= 15 is 0 Å². The van der Waals surface area contributed by atoms with Crippen molar-refractivity contribution >= 4 is 0 Å². The SMILES string of the molecule is CCCCC(C)(CCCC)CCCC. The predicted molar refractivity (Wildman–Crippen MR) is 66.7 cm³/mol. The van der Waals surface area contributed by atoms with Crippen LogP contribution in [0.4, 0.5) is 0 Å². The van der Waals surface area contributed by atoms with Gasteiger partial charge in [-0.15, -0.1) is 0 Å². The Bertz CT molecular complexity index is 93.4. The smallest absolute Gasteiger partial charge is 0.0326 e. The molecule has 0 aliphatic rings. The van der Waals surface area contributed by atoms with Crippen molar-refractivity contribution in [3.8, 4) is 0 Å². The van der Waals surface area contributed by atoms with E-state index in [1.165, 1.54) is 57.8 Å². The number of rotatable bonds is 9. The highest BCUT2D eigenvalue weighted by molar-refractivity contribution is 4.74. The zero-order valence-electron chi connectivity index (χ0n) is 10.9. The minimum absolute atomic E-state index is 0.655. The molecule has 0 heterocycles. The van der Waals surface area contributed by atoms with E-state index in [2.05, 4.69) is 27.7 Å². The summed E-state index contributed by atoms with van der Waals surface area (Å²) < 4.78 is 0. The van der Waals surface area contributed by atoms with Crippen molar-refractivity contribution in [1.82, 2.24) is 0 Å². The molecule has 0 heteroatoms. The van der Waals surface area contributed by atoms with Gasteiger partial charge in [0.15, 0.2) is 0 Å². The van der Waals surface area contributed by atoms with E-state index in [4.69, 9.17) is 0 Å². The third-order valence-corrected chi connectivity index (χ3v) is 3.40. The summed E-state index contributed by atoms with van der Waals surface area (Å²) in [7, 11) is 0. The molecule has 0 aromatic rings. The molecule has 0 bridgehead atoms. The largest absolute Gasteiger partial charge is 0.0654 e. The molecule has 0 amide bonds. The fourth-order valence-electron chi connectivity index (χ4n) is 2.19. The Balaban J connectivity index is 3.89. The highest BCUT2D eigenvalue weighted by Crippen LogP contribution is 2.35. The fraction of sp³-hybridized carbons (Fsp3) is 1.00. The summed E-state index contributed by atoms with van der Waals surface area (Å²) in [5.41, 5.74) is 0.655. The minimum Gasteiger partial charge on any atom is -0.0654 e. The summed E-state index contributed by atoms with van der Waals surface area (Å²) in [5, 5.41) is 0. The Morgan fingerprint density at radius 2 is 0.929 bits per heavy atom. The highest BCUT2D eigenvalue weighted by atomic mass is 14.3. The lowest BCUT2D eigenvalue weighted by atomic mass is 9.76. The molecule has 86 valence electrons. The lowest BCUT2D eigenvalue weighted by Crippen LogP contribution is -2.16. The number of hydrogen-bond donors (Lipinski definition) is 0. The molecule has 0 aliphatic carbocycles. The van der Waals surface area contributed by atoms with Gasteiger partial charge < -0.3 is 0 Å². The molecule has 0 rings (SSSR count). The Morgan fingerprint density at radius 1 is 0.643 bits per heavy atom. The quantitative estimate of drug-likeness (QED) is 0.455. The maximum atomic E-state index is 2.51. The summed E-state index contributed by atoms with van der Waals surface area (Å²) in [5.74, 6) is 0. The van der Waals surface area contributed by atoms with Crippen molar-refractivity contribution in [1.29, 1.82) is 0 Å². The van der Waals surface area contributed by atoms with Gasteiger partial charge in [0.1, 0.15) is 0 Å². The van der Waals surface area contributed by atoms with Crippen molar-refractivity contribution in [2.24, 2.45) is 5.41 Å². The first-order chi connectivity index (χ1) is 6.68. The second-order valence-electron chi connectivity index (χ2n) is 5.12. The predicted octanol–water partition coefficient (Wildman–Crippen LogP) is 5.56. The van der Waals surface area contributed by atoms with Crippen molar-refractivity contribution < 1.29 is 0 Å². The van der Waals surface area contributed by atoms with E-state index in [1.807, 2.05) is 0 Å². The van der Waals surface area contributed by atoms with Crippen LogP contribution in [0.25, 0.3) is 0 Å². The molecule has 0 aromatic carbocycles. The van der Waals surface area contributed by atoms with E-state index in [9.17, 15) is 0 Å². The molecule has 0 nitrogen and oxygen atoms in total. The zero-order chi connectivity index (χ0) is 10.9. The summed E-state index contributed by atoms with van der Waals surface area (Å²) in [6.07, 6.45) is 12.7. The highest BCUT2D eigenvalue weighted by Gasteiger charge is 2.21. The molecule has 0 aromatic heterocycles. The molecule has 0 atom stereocenters. The maximum absolute atomic E-state index is 2.51. The molecule has 0 N–H and O–H groups in total. The first-order valence-electron chi connectivity index (χ1n) is 6.68. The third-order valence-electron chi connectivity index (χ3n) is 3.40. The van der Waals surface area contributed by atoms with Gasteiger partial charge in [-0.25, -0.2) is 0 Å². The summed E-state index contributed by atoms with van der Waals surface area (Å²) in [4.78, 5) is 0. The van der Waals surface area contributed by atoms with Gasteiger partial charge in [0, 0.05) is 0 Å². The molecular formula is C14H30. The monoisotopic (exact) mass is 198 g/mol. The second kappa shape index (κ2) is 8.32. The minimum atomic E-state index is 0.655. The Kier molecular flexibility index (Phi) is 8.32. The second-order valence-corrected chi connectivity index (χ2v) is 5.12. The van der Waals surface area contributed by atoms with Gasteiger partial charge in [-0.1, -0.05) is 66.2 Å². The molecule has 0 saturated heterocycles. The van der Waals surface area contributed by atoms with E-state index in [0.717, 1.165) is 0 Å². The molecule has 0 saturated carbocycles. The Hall–Kier alpha value is 0. The molecule has 14 heavy (non-hydrogen) atoms. The van der Waals surface area contributed by atoms with Crippen LogP contribution in [-0.4, -0.2) is 0 Å². The first kappa shape index (κ1) is 14.0. The fourth-order valence-corrected chi connectivity index (χ4v) is 2.19. The van der Waals surface area contributed by atoms with Gasteiger partial charge in [-0.05, 0) is 24.7 Å². The van der Waals surface area contributed by atoms with Crippen LogP contribution in [0.5, 0.6) is 0 Å². The van der Waals surface area contributed by atoms with Crippen molar-refractivity contribution in [2.45, 2.75) is 85.5 Å². The number of unbranched alkanes of at least 4 members (excludes halogenated alkanes) is 3. The van der Waals surface area contributed by atoms with Crippen LogP contribution in [0.2, 0.25) is 0 Å². The van der Waals surface area contributed by atoms with Crippen LogP contribution in [-0.2, 0) is 0 Å². The zero-order valence-corrected chi connectivity index (χ0v) is 10.9. The summed E-state index contributed by atoms with van der Waals surface area (Å²) >= 11 is 0. The summed E-state index contributed by atoms with van der Waals surface area (Å²) in [6, 6.07) is 0. The average molecular weight is 198 g/mol. The molecular weight excluding hydrogens is 168 g/mol. The van der Waals surface area contributed by atoms with E-state index in [-0.39, 0.29) is 0 Å². The standard InChI is InChI=1S/C14H30/c1-5-8-11-14(4,12-9-6-2)13-10-7-3/h5-13H2,1-4H3. The van der Waals surface area contributed by atoms with Crippen LogP contribution >= 0.6 is 0 Å². The molecule has 0 unspecified atom stereocenters. The lowest BCUT2D eigenvalue weighted by molar-refractivity contribution is 0.228. The molecule has 0 aliphatic heterocycles. The van der Waals surface area contributed by atoms with Crippen molar-refractivity contribution in [2.75, 3.05) is 0 Å². The van der Waals surface area contributed by atoms with Gasteiger partial charge in [-0.2, -0.15) is 0 Å². The van der Waals surface area contributed by atoms with E-state index in [0.29, 0.717) is 5.41 Å². The molecule has 0 spiro atoms. The van der Waals surface area contributed by atoms with Crippen LogP contribution in [0.1, 0.15) is 85.5 Å². The van der Waals surface area contributed by atoms with Gasteiger partial charge in [0.25, 0.3) is 0 Å². The van der Waals surface area contributed by atoms with E-state index < -0.39 is 0 Å². The first-order valence-corrected chi connectivity index (χ1v) is 6.68. The van der Waals surface area contributed by atoms with Gasteiger partial charge >= 0.3 is 0 Å². The van der Waals surface area contributed by atoms with Crippen LogP contribution < -0.4 is 0 Å². The number of hydrogen-bond acceptors (Lipinski definition) is 0. The normalized spacial score (nSPS) is 12.0. The Morgan fingerprint density at radius 3 is 1.14 bits per heavy atom. The van der Waals surface area contributed by atoms with Crippen molar-refractivity contribution in [3.63, 3.8) is 0 Å². The van der Waals surface area contributed by atoms with Gasteiger partial charge in [-0.3, -0.25) is 0 Å². The lowest BCUT2D eigenvalue weighted by Gasteiger charge is -2.29. The maximum Gasteiger partial charge on any atom is -0.0326 e. The van der Waals surface area contributed by atoms with Crippen molar-refractivity contribution in [3.05, 3.63) is 0 Å². The van der Waals surface area contributed by atoms with Gasteiger partial charge in [0.2, 0.25) is 0 Å². The topological polar surface area (TPSA) is 0 Å². The third kappa shape index (κ3) is 6.45. The van der Waals surface area contributed by atoms with E-state index in [1.54, 1.807) is 0 Å². The Labute approximate surface area is 91.5 Å². The molecule has 0 fully saturated rings. The van der Waals surface area contributed by atoms with Crippen LogP contribution in [0.15, 0.2) is 0 Å². The summed E-state index contributed by atoms with van der Waals surface area (Å²) in [6.45, 7) is 9.42. The molecule has 0 radical (unpaired) electrons. The van der Waals surface area contributed by atoms with Crippen LogP contribution in [0.3, 0.4) is 0 Å². The average Bonchev–Trinajstić information content (AvgIpc) is 2.21. The van der Waals surface area contributed by atoms with Gasteiger partial charge in [0.05, 0.1) is 0 Å².